The van der Waals surface area contributed by atoms with Gasteiger partial charge >= 0.3 is 0 Å². The number of hydrogen-bond acceptors (Lipinski definition) is 3. The molecule has 0 atom stereocenters. The second kappa shape index (κ2) is 5.28. The van der Waals surface area contributed by atoms with E-state index >= 15 is 0 Å². The topological polar surface area (TPSA) is 29.3 Å². The van der Waals surface area contributed by atoms with Gasteiger partial charge in [0.25, 0.3) is 0 Å². The number of nitrogens with two attached hydrogens (primary N) is 1. The van der Waals surface area contributed by atoms with Crippen molar-refractivity contribution in [1.82, 2.24) is 4.90 Å². The van der Waals surface area contributed by atoms with Crippen molar-refractivity contribution in [3.8, 4) is 0 Å². The first-order valence-electron chi connectivity index (χ1n) is 6.72. The first-order valence-corrected chi connectivity index (χ1v) is 7.88. The van der Waals surface area contributed by atoms with Gasteiger partial charge in [-0.15, -0.1) is 0 Å². The molecule has 0 aromatic carbocycles. The van der Waals surface area contributed by atoms with E-state index in [0.717, 1.165) is 18.5 Å². The van der Waals surface area contributed by atoms with E-state index in [2.05, 4.69) is 30.5 Å². The van der Waals surface area contributed by atoms with Gasteiger partial charge in [0.15, 0.2) is 0 Å². The lowest BCUT2D eigenvalue weighted by Gasteiger charge is -2.47. The Bertz CT molecular complexity index is 220. The molecule has 0 unspecified atom stereocenters. The van der Waals surface area contributed by atoms with Gasteiger partial charge in [0.05, 0.1) is 0 Å². The molecular formula is C13H26N2S. The summed E-state index contributed by atoms with van der Waals surface area (Å²) in [6.07, 6.45) is 5.41. The van der Waals surface area contributed by atoms with E-state index < -0.39 is 0 Å². The molecule has 94 valence electrons. The van der Waals surface area contributed by atoms with Crippen molar-refractivity contribution >= 4 is 11.8 Å². The highest BCUT2D eigenvalue weighted by atomic mass is 32.2. The molecule has 0 aromatic heterocycles. The summed E-state index contributed by atoms with van der Waals surface area (Å²) in [5, 5.41) is 0. The average molecular weight is 242 g/mol. The third kappa shape index (κ3) is 2.74. The summed E-state index contributed by atoms with van der Waals surface area (Å²) in [6, 6.07) is 0.856. The Kier molecular flexibility index (Phi) is 4.20. The molecule has 1 saturated carbocycles. The van der Waals surface area contributed by atoms with Gasteiger partial charge in [-0.3, -0.25) is 4.90 Å². The minimum Gasteiger partial charge on any atom is -0.329 e. The lowest BCUT2D eigenvalue weighted by atomic mass is 9.89. The zero-order valence-electron chi connectivity index (χ0n) is 10.7. The molecule has 3 heteroatoms. The van der Waals surface area contributed by atoms with Crippen molar-refractivity contribution in [1.29, 1.82) is 0 Å². The van der Waals surface area contributed by atoms with Crippen LogP contribution in [0.5, 0.6) is 0 Å². The highest BCUT2D eigenvalue weighted by Crippen LogP contribution is 2.39. The van der Waals surface area contributed by atoms with Gasteiger partial charge in [-0.05, 0) is 43.1 Å². The molecular weight excluding hydrogens is 216 g/mol. The third-order valence-corrected chi connectivity index (χ3v) is 4.95. The van der Waals surface area contributed by atoms with Gasteiger partial charge in [0, 0.05) is 24.7 Å². The monoisotopic (exact) mass is 242 g/mol. The van der Waals surface area contributed by atoms with Gasteiger partial charge < -0.3 is 5.73 Å². The maximum Gasteiger partial charge on any atom is 0.0350 e. The average Bonchev–Trinajstić information content (AvgIpc) is 3.10. The summed E-state index contributed by atoms with van der Waals surface area (Å²) >= 11 is 2.10. The quantitative estimate of drug-likeness (QED) is 0.802. The summed E-state index contributed by atoms with van der Waals surface area (Å²) in [6.45, 7) is 6.76. The molecule has 0 radical (unpaired) electrons. The molecule has 2 aliphatic rings. The lowest BCUT2D eigenvalue weighted by molar-refractivity contribution is 0.0635. The van der Waals surface area contributed by atoms with Gasteiger partial charge in [-0.1, -0.05) is 13.8 Å². The summed E-state index contributed by atoms with van der Waals surface area (Å²) in [5.74, 6) is 3.37. The van der Waals surface area contributed by atoms with Crippen molar-refractivity contribution in [2.75, 3.05) is 24.6 Å². The van der Waals surface area contributed by atoms with Crippen molar-refractivity contribution < 1.29 is 0 Å². The van der Waals surface area contributed by atoms with Gasteiger partial charge in [0.1, 0.15) is 0 Å². The molecule has 1 aliphatic carbocycles. The van der Waals surface area contributed by atoms with Crippen molar-refractivity contribution in [2.45, 2.75) is 51.1 Å². The summed E-state index contributed by atoms with van der Waals surface area (Å²) in [7, 11) is 0. The first kappa shape index (κ1) is 12.7. The second-order valence-electron chi connectivity index (χ2n) is 5.82. The van der Waals surface area contributed by atoms with Crippen molar-refractivity contribution in [3.05, 3.63) is 0 Å². The first-order chi connectivity index (χ1) is 7.68. The fourth-order valence-corrected chi connectivity index (χ4v) is 4.12. The van der Waals surface area contributed by atoms with Crippen molar-refractivity contribution in [2.24, 2.45) is 11.7 Å². The molecule has 2 nitrogen and oxygen atoms in total. The molecule has 2 N–H and O–H groups in total. The minimum absolute atomic E-state index is 0.344. The SMILES string of the molecule is CC(C)CN(C1CC1)C1(CN)CCSCC1. The minimum atomic E-state index is 0.344. The largest absolute Gasteiger partial charge is 0.329 e. The third-order valence-electron chi connectivity index (χ3n) is 3.96. The van der Waals surface area contributed by atoms with Crippen LogP contribution in [0.1, 0.15) is 39.5 Å². The van der Waals surface area contributed by atoms with E-state index in [-0.39, 0.29) is 0 Å². The van der Waals surface area contributed by atoms with Crippen LogP contribution in [0.4, 0.5) is 0 Å². The molecule has 1 heterocycles. The van der Waals surface area contributed by atoms with Gasteiger partial charge in [0.2, 0.25) is 0 Å². The maximum absolute atomic E-state index is 6.13. The molecule has 0 amide bonds. The Balaban J connectivity index is 2.07. The standard InChI is InChI=1S/C13H26N2S/c1-11(2)9-15(12-3-4-12)13(10-14)5-7-16-8-6-13/h11-12H,3-10,14H2,1-2H3. The zero-order chi connectivity index (χ0) is 11.6. The van der Waals surface area contributed by atoms with E-state index in [9.17, 15) is 0 Å². The van der Waals surface area contributed by atoms with Crippen LogP contribution in [-0.4, -0.2) is 41.1 Å². The Labute approximate surface area is 104 Å². The van der Waals surface area contributed by atoms with Crippen LogP contribution in [0.2, 0.25) is 0 Å². The van der Waals surface area contributed by atoms with Gasteiger partial charge in [-0.2, -0.15) is 11.8 Å². The lowest BCUT2D eigenvalue weighted by Crippen LogP contribution is -2.57. The molecule has 1 saturated heterocycles. The van der Waals surface area contributed by atoms with Crippen LogP contribution in [0.3, 0.4) is 0 Å². The van der Waals surface area contributed by atoms with Crippen LogP contribution in [0.15, 0.2) is 0 Å². The Hall–Kier alpha value is 0.270. The molecule has 2 rings (SSSR count). The molecule has 0 aromatic rings. The smallest absolute Gasteiger partial charge is 0.0350 e. The highest BCUT2D eigenvalue weighted by Gasteiger charge is 2.44. The van der Waals surface area contributed by atoms with E-state index in [4.69, 9.17) is 5.73 Å². The van der Waals surface area contributed by atoms with E-state index in [1.165, 1.54) is 43.7 Å². The Morgan fingerprint density at radius 3 is 2.38 bits per heavy atom. The summed E-state index contributed by atoms with van der Waals surface area (Å²) in [4.78, 5) is 2.78. The Morgan fingerprint density at radius 2 is 1.94 bits per heavy atom. The number of thioether (sulfide) groups is 1. The number of nitrogens with zero attached hydrogens (tertiary/aromatic N) is 1. The molecule has 2 fully saturated rings. The predicted octanol–water partition coefficient (Wildman–Crippen LogP) is 2.33. The van der Waals surface area contributed by atoms with E-state index in [1.807, 2.05) is 0 Å². The summed E-state index contributed by atoms with van der Waals surface area (Å²) in [5.41, 5.74) is 6.47. The van der Waals surface area contributed by atoms with E-state index in [1.54, 1.807) is 0 Å². The zero-order valence-corrected chi connectivity index (χ0v) is 11.6. The van der Waals surface area contributed by atoms with Crippen LogP contribution in [0.25, 0.3) is 0 Å². The maximum atomic E-state index is 6.13. The predicted molar refractivity (Wildman–Crippen MR) is 72.9 cm³/mol. The van der Waals surface area contributed by atoms with Crippen LogP contribution >= 0.6 is 11.8 Å². The fraction of sp³-hybridized carbons (Fsp3) is 1.00. The molecule has 0 bridgehead atoms. The summed E-state index contributed by atoms with van der Waals surface area (Å²) < 4.78 is 0. The molecule has 1 aliphatic heterocycles. The second-order valence-corrected chi connectivity index (χ2v) is 7.04. The van der Waals surface area contributed by atoms with Crippen LogP contribution in [-0.2, 0) is 0 Å². The number of hydrogen-bond donors (Lipinski definition) is 1. The number of rotatable bonds is 5. The van der Waals surface area contributed by atoms with Crippen molar-refractivity contribution in [3.63, 3.8) is 0 Å². The normalized spacial score (nSPS) is 25.3. The van der Waals surface area contributed by atoms with E-state index in [0.29, 0.717) is 5.54 Å². The molecule has 0 spiro atoms. The highest BCUT2D eigenvalue weighted by molar-refractivity contribution is 7.99. The van der Waals surface area contributed by atoms with Crippen LogP contribution < -0.4 is 5.73 Å². The van der Waals surface area contributed by atoms with Crippen LogP contribution in [0, 0.1) is 5.92 Å². The fourth-order valence-electron chi connectivity index (χ4n) is 2.87. The Morgan fingerprint density at radius 1 is 1.31 bits per heavy atom. The van der Waals surface area contributed by atoms with Gasteiger partial charge in [-0.25, -0.2) is 0 Å². The molecule has 16 heavy (non-hydrogen) atoms.